The molecule has 2 aromatic carbocycles. The van der Waals surface area contributed by atoms with Crippen LogP contribution in [0.15, 0.2) is 60.9 Å². The summed E-state index contributed by atoms with van der Waals surface area (Å²) < 4.78 is 10.4. The van der Waals surface area contributed by atoms with Gasteiger partial charge in [0.15, 0.2) is 0 Å². The van der Waals surface area contributed by atoms with Crippen molar-refractivity contribution < 1.29 is 14.3 Å². The molecule has 0 aliphatic heterocycles. The second kappa shape index (κ2) is 9.10. The van der Waals surface area contributed by atoms with E-state index in [0.29, 0.717) is 31.1 Å². The summed E-state index contributed by atoms with van der Waals surface area (Å²) in [7, 11) is 1.51. The number of nitrogens with zero attached hydrogens (tertiary/aromatic N) is 2. The predicted octanol–water partition coefficient (Wildman–Crippen LogP) is 3.77. The molecule has 1 N–H and O–H groups in total. The van der Waals surface area contributed by atoms with E-state index in [1.54, 1.807) is 12.4 Å². The van der Waals surface area contributed by atoms with Crippen LogP contribution in [0.5, 0.6) is 6.01 Å². The van der Waals surface area contributed by atoms with E-state index in [4.69, 9.17) is 9.47 Å². The largest absolute Gasteiger partial charge is 0.467 e. The highest BCUT2D eigenvalue weighted by Gasteiger charge is 2.28. The first kappa shape index (κ1) is 19.5. The van der Waals surface area contributed by atoms with Gasteiger partial charge in [0.2, 0.25) is 0 Å². The number of rotatable bonds is 5. The molecule has 0 fully saturated rings. The molecule has 0 atom stereocenters. The first-order valence-electron chi connectivity index (χ1n) is 9.70. The Morgan fingerprint density at radius 2 is 1.67 bits per heavy atom. The fourth-order valence-corrected chi connectivity index (χ4v) is 3.53. The van der Waals surface area contributed by atoms with Crippen LogP contribution in [0.25, 0.3) is 11.1 Å². The van der Waals surface area contributed by atoms with Crippen molar-refractivity contribution in [2.45, 2.75) is 12.3 Å². The average molecular weight is 399 g/mol. The second-order valence-corrected chi connectivity index (χ2v) is 6.76. The Balaban J connectivity index is 1.27. The molecule has 6 nitrogen and oxygen atoms in total. The third-order valence-corrected chi connectivity index (χ3v) is 4.91. The molecule has 1 aliphatic carbocycles. The Bertz CT molecular complexity index is 1050. The molecule has 3 aromatic rings. The number of hydrogen-bond donors (Lipinski definition) is 1. The fourth-order valence-electron chi connectivity index (χ4n) is 3.53. The molecular formula is C24H21N3O3. The van der Waals surface area contributed by atoms with Gasteiger partial charge in [0.1, 0.15) is 6.61 Å². The zero-order valence-corrected chi connectivity index (χ0v) is 16.6. The minimum absolute atomic E-state index is 0.0537. The maximum atomic E-state index is 12.1. The number of benzene rings is 2. The van der Waals surface area contributed by atoms with E-state index < -0.39 is 6.09 Å². The lowest BCUT2D eigenvalue weighted by Gasteiger charge is -2.14. The first-order valence-corrected chi connectivity index (χ1v) is 9.70. The molecule has 4 rings (SSSR count). The van der Waals surface area contributed by atoms with Crippen molar-refractivity contribution in [1.29, 1.82) is 0 Å². The molecule has 1 amide bonds. The standard InChI is InChI=1S/C24H21N3O3/c1-29-23-26-14-17(15-27-23)8-6-7-13-25-24(28)30-16-22-20-11-4-2-9-18(20)19-10-3-5-12-21(19)22/h2-5,9-12,14-15,22H,7,13,16H2,1H3,(H,25,28). The third-order valence-electron chi connectivity index (χ3n) is 4.91. The topological polar surface area (TPSA) is 73.3 Å². The van der Waals surface area contributed by atoms with Crippen molar-refractivity contribution >= 4 is 6.09 Å². The molecule has 1 heterocycles. The second-order valence-electron chi connectivity index (χ2n) is 6.76. The van der Waals surface area contributed by atoms with Crippen LogP contribution < -0.4 is 10.1 Å². The number of fused-ring (bicyclic) bond motifs is 3. The first-order chi connectivity index (χ1) is 14.8. The van der Waals surface area contributed by atoms with Crippen molar-refractivity contribution in [2.24, 2.45) is 0 Å². The summed E-state index contributed by atoms with van der Waals surface area (Å²) in [6.45, 7) is 0.704. The van der Waals surface area contributed by atoms with Crippen LogP contribution >= 0.6 is 0 Å². The SMILES string of the molecule is COc1ncc(C#CCCNC(=O)OCC2c3ccccc3-c3ccccc32)cn1. The Hall–Kier alpha value is -3.85. The monoisotopic (exact) mass is 399 g/mol. The summed E-state index contributed by atoms with van der Waals surface area (Å²) in [5.74, 6) is 5.98. The van der Waals surface area contributed by atoms with E-state index >= 15 is 0 Å². The van der Waals surface area contributed by atoms with Gasteiger partial charge in [-0.25, -0.2) is 14.8 Å². The maximum Gasteiger partial charge on any atom is 0.407 e. The van der Waals surface area contributed by atoms with E-state index in [1.165, 1.54) is 29.4 Å². The normalized spacial score (nSPS) is 11.6. The van der Waals surface area contributed by atoms with Crippen LogP contribution in [0.3, 0.4) is 0 Å². The summed E-state index contributed by atoms with van der Waals surface area (Å²) in [5.41, 5.74) is 5.50. The van der Waals surface area contributed by atoms with Crippen LogP contribution in [0.2, 0.25) is 0 Å². The number of ether oxygens (including phenoxy) is 2. The minimum Gasteiger partial charge on any atom is -0.467 e. The van der Waals surface area contributed by atoms with E-state index in [2.05, 4.69) is 51.4 Å². The van der Waals surface area contributed by atoms with Crippen LogP contribution in [0.4, 0.5) is 4.79 Å². The highest BCUT2D eigenvalue weighted by Crippen LogP contribution is 2.44. The molecule has 1 aliphatic rings. The molecule has 0 bridgehead atoms. The van der Waals surface area contributed by atoms with E-state index in [1.807, 2.05) is 24.3 Å². The zero-order chi connectivity index (χ0) is 20.8. The molecule has 0 saturated carbocycles. The Labute approximate surface area is 175 Å². The molecule has 150 valence electrons. The molecule has 6 heteroatoms. The summed E-state index contributed by atoms with van der Waals surface area (Å²) in [5, 5.41) is 2.74. The van der Waals surface area contributed by atoms with Crippen molar-refractivity contribution in [2.75, 3.05) is 20.3 Å². The lowest BCUT2D eigenvalue weighted by atomic mass is 9.98. The Morgan fingerprint density at radius 3 is 2.30 bits per heavy atom. The summed E-state index contributed by atoms with van der Waals surface area (Å²) >= 11 is 0. The van der Waals surface area contributed by atoms with E-state index in [9.17, 15) is 4.79 Å². The van der Waals surface area contributed by atoms with Gasteiger partial charge in [-0.3, -0.25) is 0 Å². The summed E-state index contributed by atoms with van der Waals surface area (Å²) in [6, 6.07) is 16.8. The fraction of sp³-hybridized carbons (Fsp3) is 0.208. The molecular weight excluding hydrogens is 378 g/mol. The Kier molecular flexibility index (Phi) is 5.90. The number of nitrogens with one attached hydrogen (secondary N) is 1. The number of carbonyl (C=O) groups excluding carboxylic acids is 1. The predicted molar refractivity (Wildman–Crippen MR) is 113 cm³/mol. The lowest BCUT2D eigenvalue weighted by Crippen LogP contribution is -2.26. The number of hydrogen-bond acceptors (Lipinski definition) is 5. The van der Waals surface area contributed by atoms with Gasteiger partial charge < -0.3 is 14.8 Å². The number of aromatic nitrogens is 2. The van der Waals surface area contributed by atoms with Gasteiger partial charge in [0.25, 0.3) is 0 Å². The van der Waals surface area contributed by atoms with Crippen molar-refractivity contribution in [3.63, 3.8) is 0 Å². The van der Waals surface area contributed by atoms with Crippen LogP contribution in [0.1, 0.15) is 29.0 Å². The number of amides is 1. The highest BCUT2D eigenvalue weighted by molar-refractivity contribution is 5.79. The quantitative estimate of drug-likeness (QED) is 0.522. The van der Waals surface area contributed by atoms with Gasteiger partial charge in [-0.2, -0.15) is 0 Å². The van der Waals surface area contributed by atoms with Crippen LogP contribution in [-0.4, -0.2) is 36.3 Å². The zero-order valence-electron chi connectivity index (χ0n) is 16.6. The average Bonchev–Trinajstić information content (AvgIpc) is 3.12. The van der Waals surface area contributed by atoms with Crippen molar-refractivity contribution in [3.8, 4) is 29.0 Å². The van der Waals surface area contributed by atoms with Gasteiger partial charge in [-0.15, -0.1) is 0 Å². The number of carbonyl (C=O) groups is 1. The molecule has 0 unspecified atom stereocenters. The van der Waals surface area contributed by atoms with Crippen molar-refractivity contribution in [3.05, 3.63) is 77.6 Å². The maximum absolute atomic E-state index is 12.1. The molecule has 0 saturated heterocycles. The smallest absolute Gasteiger partial charge is 0.407 e. The summed E-state index contributed by atoms with van der Waals surface area (Å²) in [4.78, 5) is 20.1. The molecule has 30 heavy (non-hydrogen) atoms. The van der Waals surface area contributed by atoms with Gasteiger partial charge in [-0.05, 0) is 22.3 Å². The van der Waals surface area contributed by atoms with Gasteiger partial charge in [0.05, 0.1) is 12.7 Å². The van der Waals surface area contributed by atoms with Gasteiger partial charge in [0, 0.05) is 31.3 Å². The molecule has 1 aromatic heterocycles. The minimum atomic E-state index is -0.438. The van der Waals surface area contributed by atoms with E-state index in [-0.39, 0.29) is 5.92 Å². The summed E-state index contributed by atoms with van der Waals surface area (Å²) in [6.07, 6.45) is 3.25. The lowest BCUT2D eigenvalue weighted by molar-refractivity contribution is 0.143. The Morgan fingerprint density at radius 1 is 1.03 bits per heavy atom. The number of alkyl carbamates (subject to hydrolysis) is 1. The molecule has 0 spiro atoms. The third kappa shape index (κ3) is 4.26. The molecule has 0 radical (unpaired) electrons. The number of methoxy groups -OCH3 is 1. The van der Waals surface area contributed by atoms with E-state index in [0.717, 1.165) is 0 Å². The van der Waals surface area contributed by atoms with Crippen LogP contribution in [-0.2, 0) is 4.74 Å². The highest BCUT2D eigenvalue weighted by atomic mass is 16.5. The van der Waals surface area contributed by atoms with Crippen molar-refractivity contribution in [1.82, 2.24) is 15.3 Å². The van der Waals surface area contributed by atoms with Gasteiger partial charge in [-0.1, -0.05) is 60.4 Å². The van der Waals surface area contributed by atoms with Gasteiger partial charge >= 0.3 is 12.1 Å². The van der Waals surface area contributed by atoms with Crippen LogP contribution in [0, 0.1) is 11.8 Å².